The number of carbonyl (C=O) groups excluding carboxylic acids is 1. The number of sulfonamides is 1. The highest BCUT2D eigenvalue weighted by molar-refractivity contribution is 7.89. The van der Waals surface area contributed by atoms with Gasteiger partial charge < -0.3 is 10.6 Å². The van der Waals surface area contributed by atoms with Gasteiger partial charge in [0.25, 0.3) is 0 Å². The van der Waals surface area contributed by atoms with E-state index < -0.39 is 15.6 Å². The molecule has 0 spiro atoms. The number of rotatable bonds is 7. The Morgan fingerprint density at radius 2 is 1.85 bits per heavy atom. The summed E-state index contributed by atoms with van der Waals surface area (Å²) in [6.45, 7) is 9.77. The number of amides is 1. The third-order valence-corrected chi connectivity index (χ3v) is 6.73. The van der Waals surface area contributed by atoms with Crippen LogP contribution in [0.1, 0.15) is 52.5 Å². The fourth-order valence-corrected chi connectivity index (χ4v) is 5.17. The quantitative estimate of drug-likeness (QED) is 0.662. The monoisotopic (exact) mass is 395 g/mol. The molecule has 1 unspecified atom stereocenters. The molecule has 7 heteroatoms. The second-order valence-corrected chi connectivity index (χ2v) is 10.2. The van der Waals surface area contributed by atoms with E-state index in [0.717, 1.165) is 25.9 Å². The molecule has 1 aromatic carbocycles. The first-order chi connectivity index (χ1) is 12.6. The third kappa shape index (κ3) is 6.90. The Morgan fingerprint density at radius 3 is 2.48 bits per heavy atom. The van der Waals surface area contributed by atoms with Crippen LogP contribution < -0.4 is 15.4 Å². The lowest BCUT2D eigenvalue weighted by molar-refractivity contribution is -0.122. The maximum Gasteiger partial charge on any atom is 0.241 e. The molecular weight excluding hydrogens is 362 g/mol. The molecule has 152 valence electrons. The fraction of sp³-hybridized carbons (Fsp3) is 0.650. The lowest BCUT2D eigenvalue weighted by atomic mass is 9.84. The molecule has 1 heterocycles. The van der Waals surface area contributed by atoms with Gasteiger partial charge in [-0.2, -0.15) is 0 Å². The van der Waals surface area contributed by atoms with E-state index in [9.17, 15) is 13.2 Å². The summed E-state index contributed by atoms with van der Waals surface area (Å²) in [5.74, 6) is 0.867. The first-order valence-electron chi connectivity index (χ1n) is 9.68. The van der Waals surface area contributed by atoms with Gasteiger partial charge >= 0.3 is 0 Å². The molecule has 3 N–H and O–H groups in total. The van der Waals surface area contributed by atoms with Crippen LogP contribution in [0.2, 0.25) is 0 Å². The van der Waals surface area contributed by atoms with Crippen LogP contribution in [0.4, 0.5) is 0 Å². The summed E-state index contributed by atoms with van der Waals surface area (Å²) in [6, 6.07) is 6.80. The van der Waals surface area contributed by atoms with Crippen LogP contribution >= 0.6 is 0 Å². The molecule has 1 saturated heterocycles. The van der Waals surface area contributed by atoms with Crippen LogP contribution in [0.15, 0.2) is 29.2 Å². The highest BCUT2D eigenvalue weighted by Gasteiger charge is 2.25. The first-order valence-corrected chi connectivity index (χ1v) is 11.2. The molecule has 6 nitrogen and oxygen atoms in total. The Morgan fingerprint density at radius 1 is 1.22 bits per heavy atom. The molecule has 0 aliphatic carbocycles. The molecule has 2 rings (SSSR count). The smallest absolute Gasteiger partial charge is 0.241 e. The molecule has 27 heavy (non-hydrogen) atoms. The molecule has 1 atom stereocenters. The van der Waals surface area contributed by atoms with E-state index >= 15 is 0 Å². The molecule has 1 aromatic rings. The van der Waals surface area contributed by atoms with Gasteiger partial charge in [0.05, 0.1) is 4.90 Å². The maximum atomic E-state index is 12.7. The van der Waals surface area contributed by atoms with Gasteiger partial charge in [0, 0.05) is 18.5 Å². The maximum absolute atomic E-state index is 12.7. The van der Waals surface area contributed by atoms with Gasteiger partial charge in [-0.15, -0.1) is 0 Å². The van der Waals surface area contributed by atoms with E-state index in [2.05, 4.69) is 22.3 Å². The van der Waals surface area contributed by atoms with Crippen LogP contribution in [0.5, 0.6) is 0 Å². The summed E-state index contributed by atoms with van der Waals surface area (Å²) in [4.78, 5) is 12.6. The molecule has 1 aliphatic rings. The van der Waals surface area contributed by atoms with Gasteiger partial charge in [-0.3, -0.25) is 4.79 Å². The standard InChI is InChI=1S/C20H33N3O3S/c1-15(16-9-11-21-12-10-16)13-19(24)22-14-17-7-5-6-8-18(17)27(25,26)23-20(2,3)4/h5-8,15-16,21,23H,9-14H2,1-4H3,(H,22,24). The first kappa shape index (κ1) is 21.9. The number of nitrogens with one attached hydrogen (secondary N) is 3. The second-order valence-electron chi connectivity index (χ2n) is 8.51. The van der Waals surface area contributed by atoms with Gasteiger partial charge in [-0.25, -0.2) is 13.1 Å². The van der Waals surface area contributed by atoms with Crippen molar-refractivity contribution in [2.24, 2.45) is 11.8 Å². The number of hydrogen-bond donors (Lipinski definition) is 3. The van der Waals surface area contributed by atoms with Crippen molar-refractivity contribution in [3.05, 3.63) is 29.8 Å². The third-order valence-electron chi connectivity index (χ3n) is 4.87. The van der Waals surface area contributed by atoms with Crippen LogP contribution in [0.25, 0.3) is 0 Å². The topological polar surface area (TPSA) is 87.3 Å². The summed E-state index contributed by atoms with van der Waals surface area (Å²) < 4.78 is 28.0. The normalized spacial score (nSPS) is 17.5. The van der Waals surface area contributed by atoms with E-state index in [1.54, 1.807) is 45.0 Å². The zero-order chi connectivity index (χ0) is 20.1. The van der Waals surface area contributed by atoms with Crippen molar-refractivity contribution in [1.29, 1.82) is 0 Å². The van der Waals surface area contributed by atoms with E-state index in [1.807, 2.05) is 0 Å². The van der Waals surface area contributed by atoms with E-state index in [1.165, 1.54) is 0 Å². The van der Waals surface area contributed by atoms with Gasteiger partial charge in [0.1, 0.15) is 0 Å². The molecule has 0 saturated carbocycles. The lowest BCUT2D eigenvalue weighted by Crippen LogP contribution is -2.41. The van der Waals surface area contributed by atoms with Crippen molar-refractivity contribution in [3.8, 4) is 0 Å². The second kappa shape index (κ2) is 9.17. The summed E-state index contributed by atoms with van der Waals surface area (Å²) in [6.07, 6.45) is 2.68. The van der Waals surface area contributed by atoms with Crippen molar-refractivity contribution in [3.63, 3.8) is 0 Å². The Hall–Kier alpha value is -1.44. The minimum Gasteiger partial charge on any atom is -0.352 e. The average molecular weight is 396 g/mol. The van der Waals surface area contributed by atoms with Crippen LogP contribution in [-0.4, -0.2) is 33.0 Å². The Balaban J connectivity index is 1.98. The van der Waals surface area contributed by atoms with Crippen molar-refractivity contribution in [2.45, 2.75) is 63.9 Å². The molecule has 1 fully saturated rings. The average Bonchev–Trinajstić information content (AvgIpc) is 2.59. The van der Waals surface area contributed by atoms with E-state index in [-0.39, 0.29) is 17.3 Å². The van der Waals surface area contributed by atoms with Crippen LogP contribution in [-0.2, 0) is 21.4 Å². The van der Waals surface area contributed by atoms with E-state index in [4.69, 9.17) is 0 Å². The molecule has 0 radical (unpaired) electrons. The molecule has 0 bridgehead atoms. The highest BCUT2D eigenvalue weighted by Crippen LogP contribution is 2.24. The number of piperidine rings is 1. The number of hydrogen-bond acceptors (Lipinski definition) is 4. The highest BCUT2D eigenvalue weighted by atomic mass is 32.2. The summed E-state index contributed by atoms with van der Waals surface area (Å²) in [5, 5.41) is 6.24. The van der Waals surface area contributed by atoms with Crippen molar-refractivity contribution < 1.29 is 13.2 Å². The Bertz CT molecular complexity index is 735. The SMILES string of the molecule is CC(CC(=O)NCc1ccccc1S(=O)(=O)NC(C)(C)C)C1CCNCC1. The largest absolute Gasteiger partial charge is 0.352 e. The Labute approximate surface area is 163 Å². The molecule has 0 aromatic heterocycles. The summed E-state index contributed by atoms with van der Waals surface area (Å²) in [5.41, 5.74) is 0.0246. The van der Waals surface area contributed by atoms with Crippen LogP contribution in [0.3, 0.4) is 0 Å². The van der Waals surface area contributed by atoms with Gasteiger partial charge in [0.2, 0.25) is 15.9 Å². The predicted octanol–water partition coefficient (Wildman–Crippen LogP) is 2.41. The lowest BCUT2D eigenvalue weighted by Gasteiger charge is -2.28. The van der Waals surface area contributed by atoms with Gasteiger partial charge in [-0.05, 0) is 70.2 Å². The minimum atomic E-state index is -3.64. The van der Waals surface area contributed by atoms with Gasteiger partial charge in [0.15, 0.2) is 0 Å². The minimum absolute atomic E-state index is 0.0305. The fourth-order valence-electron chi connectivity index (χ4n) is 3.51. The molecular formula is C20H33N3O3S. The van der Waals surface area contributed by atoms with E-state index in [0.29, 0.717) is 23.8 Å². The van der Waals surface area contributed by atoms with Crippen molar-refractivity contribution in [1.82, 2.24) is 15.4 Å². The zero-order valence-electron chi connectivity index (χ0n) is 16.8. The number of benzene rings is 1. The Kier molecular flexibility index (Phi) is 7.42. The molecule has 1 amide bonds. The molecule has 1 aliphatic heterocycles. The number of carbonyl (C=O) groups is 1. The zero-order valence-corrected chi connectivity index (χ0v) is 17.7. The predicted molar refractivity (Wildman–Crippen MR) is 108 cm³/mol. The summed E-state index contributed by atoms with van der Waals surface area (Å²) in [7, 11) is -3.64. The summed E-state index contributed by atoms with van der Waals surface area (Å²) >= 11 is 0. The van der Waals surface area contributed by atoms with Crippen molar-refractivity contribution >= 4 is 15.9 Å². The van der Waals surface area contributed by atoms with Crippen molar-refractivity contribution in [2.75, 3.05) is 13.1 Å². The van der Waals surface area contributed by atoms with Crippen LogP contribution in [0, 0.1) is 11.8 Å². The van der Waals surface area contributed by atoms with Gasteiger partial charge in [-0.1, -0.05) is 25.1 Å².